The maximum absolute atomic E-state index is 12.1. The summed E-state index contributed by atoms with van der Waals surface area (Å²) in [5, 5.41) is 12.9. The number of tetrazole rings is 1. The Kier molecular flexibility index (Phi) is 5.37. The van der Waals surface area contributed by atoms with Gasteiger partial charge in [0.25, 0.3) is 5.91 Å². The fraction of sp³-hybridized carbons (Fsp3) is 0.263. The molecule has 3 rings (SSSR count). The lowest BCUT2D eigenvalue weighted by molar-refractivity contribution is 0.0827. The van der Waals surface area contributed by atoms with E-state index in [0.29, 0.717) is 11.3 Å². The van der Waals surface area contributed by atoms with E-state index in [2.05, 4.69) is 33.7 Å². The lowest BCUT2D eigenvalue weighted by Gasteiger charge is -2.11. The Morgan fingerprint density at radius 3 is 2.73 bits per heavy atom. The largest absolute Gasteiger partial charge is 0.345 e. The van der Waals surface area contributed by atoms with Crippen LogP contribution in [0.3, 0.4) is 0 Å². The molecule has 2 aromatic carbocycles. The molecule has 0 aliphatic carbocycles. The fourth-order valence-corrected chi connectivity index (χ4v) is 3.39. The number of hydrogen-bond donors (Lipinski definition) is 0. The molecule has 0 fully saturated rings. The van der Waals surface area contributed by atoms with Crippen LogP contribution in [0.1, 0.15) is 27.0 Å². The zero-order valence-corrected chi connectivity index (χ0v) is 16.1. The predicted molar refractivity (Wildman–Crippen MR) is 103 cm³/mol. The van der Waals surface area contributed by atoms with Gasteiger partial charge in [0, 0.05) is 25.4 Å². The molecule has 0 aliphatic rings. The van der Waals surface area contributed by atoms with Gasteiger partial charge in [-0.15, -0.1) is 5.10 Å². The summed E-state index contributed by atoms with van der Waals surface area (Å²) in [5.74, 6) is 0.678. The number of benzene rings is 2. The van der Waals surface area contributed by atoms with Crippen LogP contribution in [0, 0.1) is 13.8 Å². The molecule has 1 heterocycles. The van der Waals surface area contributed by atoms with Crippen LogP contribution in [-0.2, 0) is 5.75 Å². The van der Waals surface area contributed by atoms with Gasteiger partial charge in [0.1, 0.15) is 0 Å². The molecule has 1 aromatic heterocycles. The lowest BCUT2D eigenvalue weighted by atomic mass is 10.1. The van der Waals surface area contributed by atoms with E-state index in [1.807, 2.05) is 38.1 Å². The predicted octanol–water partition coefficient (Wildman–Crippen LogP) is 3.27. The normalized spacial score (nSPS) is 10.8. The summed E-state index contributed by atoms with van der Waals surface area (Å²) in [7, 11) is 3.50. The van der Waals surface area contributed by atoms with Crippen LogP contribution in [0.5, 0.6) is 0 Å². The van der Waals surface area contributed by atoms with Crippen molar-refractivity contribution in [2.24, 2.45) is 0 Å². The summed E-state index contributed by atoms with van der Waals surface area (Å²) < 4.78 is 1.77. The third-order valence-corrected chi connectivity index (χ3v) is 4.97. The van der Waals surface area contributed by atoms with Crippen molar-refractivity contribution < 1.29 is 4.79 Å². The third-order valence-electron chi connectivity index (χ3n) is 3.98. The smallest absolute Gasteiger partial charge is 0.253 e. The first-order valence-electron chi connectivity index (χ1n) is 8.25. The summed E-state index contributed by atoms with van der Waals surface area (Å²) in [5.41, 5.74) is 4.99. The molecule has 6 nitrogen and oxygen atoms in total. The van der Waals surface area contributed by atoms with Gasteiger partial charge >= 0.3 is 0 Å². The Balaban J connectivity index is 1.80. The first-order valence-corrected chi connectivity index (χ1v) is 9.23. The van der Waals surface area contributed by atoms with Crippen LogP contribution in [-0.4, -0.2) is 45.1 Å². The maximum atomic E-state index is 12.1. The van der Waals surface area contributed by atoms with E-state index in [0.717, 1.165) is 27.5 Å². The van der Waals surface area contributed by atoms with E-state index in [-0.39, 0.29) is 5.91 Å². The van der Waals surface area contributed by atoms with E-state index in [1.54, 1.807) is 35.4 Å². The zero-order chi connectivity index (χ0) is 18.7. The minimum atomic E-state index is -0.00271. The van der Waals surface area contributed by atoms with Crippen LogP contribution >= 0.6 is 11.8 Å². The molecular formula is C19H21N5OS. The van der Waals surface area contributed by atoms with Crippen molar-refractivity contribution in [3.8, 4) is 5.69 Å². The highest BCUT2D eigenvalue weighted by atomic mass is 32.2. The number of amides is 1. The first-order chi connectivity index (χ1) is 12.5. The zero-order valence-electron chi connectivity index (χ0n) is 15.3. The van der Waals surface area contributed by atoms with Crippen molar-refractivity contribution in [3.05, 3.63) is 64.7 Å². The first kappa shape index (κ1) is 18.1. The minimum Gasteiger partial charge on any atom is -0.345 e. The van der Waals surface area contributed by atoms with Gasteiger partial charge in [-0.2, -0.15) is 4.68 Å². The average molecular weight is 367 g/mol. The maximum Gasteiger partial charge on any atom is 0.253 e. The van der Waals surface area contributed by atoms with Crippen LogP contribution in [0.25, 0.3) is 5.69 Å². The summed E-state index contributed by atoms with van der Waals surface area (Å²) >= 11 is 1.55. The van der Waals surface area contributed by atoms with Gasteiger partial charge in [0.2, 0.25) is 5.16 Å². The topological polar surface area (TPSA) is 63.9 Å². The Morgan fingerprint density at radius 1 is 1.15 bits per heavy atom. The lowest BCUT2D eigenvalue weighted by Crippen LogP contribution is -2.21. The van der Waals surface area contributed by atoms with Crippen LogP contribution in [0.2, 0.25) is 0 Å². The molecule has 0 saturated carbocycles. The number of carbonyl (C=O) groups is 1. The van der Waals surface area contributed by atoms with Crippen LogP contribution in [0.15, 0.2) is 47.6 Å². The molecule has 26 heavy (non-hydrogen) atoms. The molecule has 3 aromatic rings. The van der Waals surface area contributed by atoms with Gasteiger partial charge < -0.3 is 4.90 Å². The summed E-state index contributed by atoms with van der Waals surface area (Å²) in [6, 6.07) is 13.9. The number of carbonyl (C=O) groups excluding carboxylic acids is 1. The van der Waals surface area contributed by atoms with E-state index in [4.69, 9.17) is 0 Å². The molecule has 0 aliphatic heterocycles. The standard InChI is InChI=1S/C19H21N5OS/c1-13-8-9-14(2)17(10-13)24-19(20-21-22-24)26-12-15-6-5-7-16(11-15)18(25)23(3)4/h5-11H,12H2,1-4H3. The van der Waals surface area contributed by atoms with Crippen molar-refractivity contribution in [3.63, 3.8) is 0 Å². The van der Waals surface area contributed by atoms with Crippen molar-refractivity contribution in [1.29, 1.82) is 0 Å². The van der Waals surface area contributed by atoms with E-state index < -0.39 is 0 Å². The summed E-state index contributed by atoms with van der Waals surface area (Å²) in [6.07, 6.45) is 0. The quantitative estimate of drug-likeness (QED) is 0.648. The van der Waals surface area contributed by atoms with E-state index in [9.17, 15) is 4.79 Å². The van der Waals surface area contributed by atoms with Crippen molar-refractivity contribution >= 4 is 17.7 Å². The van der Waals surface area contributed by atoms with Gasteiger partial charge in [-0.05, 0) is 59.2 Å². The van der Waals surface area contributed by atoms with E-state index >= 15 is 0 Å². The molecule has 0 radical (unpaired) electrons. The minimum absolute atomic E-state index is 0.00271. The molecule has 0 spiro atoms. The highest BCUT2D eigenvalue weighted by molar-refractivity contribution is 7.98. The molecule has 134 valence electrons. The number of aryl methyl sites for hydroxylation is 2. The molecule has 1 amide bonds. The summed E-state index contributed by atoms with van der Waals surface area (Å²) in [4.78, 5) is 13.7. The van der Waals surface area contributed by atoms with Crippen molar-refractivity contribution in [2.45, 2.75) is 24.8 Å². The van der Waals surface area contributed by atoms with Gasteiger partial charge in [0.05, 0.1) is 5.69 Å². The molecule has 0 unspecified atom stereocenters. The van der Waals surface area contributed by atoms with Gasteiger partial charge in [-0.25, -0.2) is 0 Å². The SMILES string of the molecule is Cc1ccc(C)c(-n2nnnc2SCc2cccc(C(=O)N(C)C)c2)c1. The Bertz CT molecular complexity index is 935. The second-order valence-electron chi connectivity index (χ2n) is 6.35. The third kappa shape index (κ3) is 3.94. The van der Waals surface area contributed by atoms with Crippen molar-refractivity contribution in [1.82, 2.24) is 25.1 Å². The molecule has 0 saturated heterocycles. The van der Waals surface area contributed by atoms with Gasteiger partial charge in [0.15, 0.2) is 0 Å². The number of hydrogen-bond acceptors (Lipinski definition) is 5. The molecule has 7 heteroatoms. The highest BCUT2D eigenvalue weighted by Gasteiger charge is 2.13. The molecular weight excluding hydrogens is 346 g/mol. The number of rotatable bonds is 5. The van der Waals surface area contributed by atoms with Crippen LogP contribution < -0.4 is 0 Å². The van der Waals surface area contributed by atoms with Crippen molar-refractivity contribution in [2.75, 3.05) is 14.1 Å². The molecule has 0 bridgehead atoms. The van der Waals surface area contributed by atoms with Gasteiger partial charge in [-0.1, -0.05) is 36.0 Å². The highest BCUT2D eigenvalue weighted by Crippen LogP contribution is 2.25. The van der Waals surface area contributed by atoms with Crippen LogP contribution in [0.4, 0.5) is 0 Å². The number of thioether (sulfide) groups is 1. The fourth-order valence-electron chi connectivity index (χ4n) is 2.57. The monoisotopic (exact) mass is 367 g/mol. The Hall–Kier alpha value is -2.67. The second-order valence-corrected chi connectivity index (χ2v) is 7.29. The van der Waals surface area contributed by atoms with E-state index in [1.165, 1.54) is 0 Å². The van der Waals surface area contributed by atoms with Gasteiger partial charge in [-0.3, -0.25) is 4.79 Å². The number of aromatic nitrogens is 4. The Morgan fingerprint density at radius 2 is 1.96 bits per heavy atom. The summed E-state index contributed by atoms with van der Waals surface area (Å²) in [6.45, 7) is 4.09. The molecule has 0 atom stereocenters. The Labute approximate surface area is 157 Å². The number of nitrogens with zero attached hydrogens (tertiary/aromatic N) is 5. The molecule has 0 N–H and O–H groups in total. The average Bonchev–Trinajstić information content (AvgIpc) is 3.10. The second kappa shape index (κ2) is 7.70.